The predicted octanol–water partition coefficient (Wildman–Crippen LogP) is 3.87. The van der Waals surface area contributed by atoms with Crippen LogP contribution in [0.3, 0.4) is 0 Å². The first-order chi connectivity index (χ1) is 7.45. The topological polar surface area (TPSA) is 17.1 Å². The third-order valence-electron chi connectivity index (χ3n) is 2.28. The van der Waals surface area contributed by atoms with E-state index in [0.29, 0.717) is 0 Å². The average Bonchev–Trinajstić information content (AvgIpc) is 2.70. The third kappa shape index (κ3) is 1.64. The number of fused-ring (bicyclic) bond motifs is 3. The molecule has 3 rings (SSSR count). The number of carbonyl (C=O) groups excluding carboxylic acids is 1. The standard InChI is InChI=1S/C12H8S.CH2O/c1-3-7-11-9(5-1)10-6-2-4-8-12(10)13-11;1-2/h1-8H;1H2. The normalized spacial score (nSPS) is 9.87. The van der Waals surface area contributed by atoms with Gasteiger partial charge in [-0.1, -0.05) is 36.4 Å². The lowest BCUT2D eigenvalue weighted by Crippen LogP contribution is -1.62. The summed E-state index contributed by atoms with van der Waals surface area (Å²) < 4.78 is 2.76. The quantitative estimate of drug-likeness (QED) is 0.555. The minimum atomic E-state index is 1.38. The van der Waals surface area contributed by atoms with Gasteiger partial charge in [0.1, 0.15) is 6.79 Å². The van der Waals surface area contributed by atoms with Crippen LogP contribution in [0.25, 0.3) is 20.2 Å². The van der Waals surface area contributed by atoms with E-state index in [4.69, 9.17) is 4.79 Å². The molecule has 0 aliphatic rings. The smallest absolute Gasteiger partial charge is 0.106 e. The molecule has 1 aromatic heterocycles. The van der Waals surface area contributed by atoms with E-state index in [1.807, 2.05) is 18.1 Å². The number of benzene rings is 2. The Morgan fingerprint density at radius 2 is 1.13 bits per heavy atom. The minimum Gasteiger partial charge on any atom is -0.307 e. The molecule has 0 N–H and O–H groups in total. The molecule has 0 atom stereocenters. The highest BCUT2D eigenvalue weighted by Gasteiger charge is 2.01. The van der Waals surface area contributed by atoms with E-state index in [1.54, 1.807) is 0 Å². The number of hydrogen-bond donors (Lipinski definition) is 0. The molecule has 0 radical (unpaired) electrons. The van der Waals surface area contributed by atoms with Crippen molar-refractivity contribution in [3.63, 3.8) is 0 Å². The van der Waals surface area contributed by atoms with Crippen LogP contribution in [-0.2, 0) is 4.79 Å². The maximum Gasteiger partial charge on any atom is 0.106 e. The molecule has 2 heteroatoms. The van der Waals surface area contributed by atoms with Crippen molar-refractivity contribution in [3.05, 3.63) is 48.5 Å². The first-order valence-electron chi connectivity index (χ1n) is 4.60. The van der Waals surface area contributed by atoms with Gasteiger partial charge in [-0.25, -0.2) is 0 Å². The lowest BCUT2D eigenvalue weighted by atomic mass is 10.2. The summed E-state index contributed by atoms with van der Waals surface area (Å²) >= 11 is 1.86. The highest BCUT2D eigenvalue weighted by molar-refractivity contribution is 7.25. The Labute approximate surface area is 92.0 Å². The van der Waals surface area contributed by atoms with Gasteiger partial charge in [0.25, 0.3) is 0 Å². The van der Waals surface area contributed by atoms with Crippen molar-refractivity contribution in [2.75, 3.05) is 0 Å². The van der Waals surface area contributed by atoms with Gasteiger partial charge in [-0.3, -0.25) is 0 Å². The van der Waals surface area contributed by atoms with E-state index in [9.17, 15) is 0 Å². The fourth-order valence-electron chi connectivity index (χ4n) is 1.67. The van der Waals surface area contributed by atoms with Crippen LogP contribution in [0.2, 0.25) is 0 Å². The van der Waals surface area contributed by atoms with Gasteiger partial charge < -0.3 is 4.79 Å². The molecule has 1 heterocycles. The molecular weight excluding hydrogens is 204 g/mol. The summed E-state index contributed by atoms with van der Waals surface area (Å²) in [5.74, 6) is 0. The first kappa shape index (κ1) is 9.87. The monoisotopic (exact) mass is 214 g/mol. The fourth-order valence-corrected chi connectivity index (χ4v) is 2.78. The maximum absolute atomic E-state index is 8.00. The molecule has 2 aromatic carbocycles. The highest BCUT2D eigenvalue weighted by atomic mass is 32.1. The van der Waals surface area contributed by atoms with Gasteiger partial charge in [-0.2, -0.15) is 0 Å². The van der Waals surface area contributed by atoms with Crippen molar-refractivity contribution in [2.45, 2.75) is 0 Å². The molecular formula is C13H10OS. The second-order valence-corrected chi connectivity index (χ2v) is 4.18. The summed E-state index contributed by atoms with van der Waals surface area (Å²) in [5.41, 5.74) is 0. The molecule has 0 saturated carbocycles. The van der Waals surface area contributed by atoms with Crippen molar-refractivity contribution in [1.82, 2.24) is 0 Å². The van der Waals surface area contributed by atoms with E-state index >= 15 is 0 Å². The van der Waals surface area contributed by atoms with Crippen LogP contribution in [0, 0.1) is 0 Å². The lowest BCUT2D eigenvalue weighted by Gasteiger charge is -1.88. The Kier molecular flexibility index (Phi) is 2.79. The van der Waals surface area contributed by atoms with Crippen LogP contribution >= 0.6 is 11.3 Å². The van der Waals surface area contributed by atoms with Crippen LogP contribution < -0.4 is 0 Å². The maximum atomic E-state index is 8.00. The van der Waals surface area contributed by atoms with Crippen LogP contribution in [-0.4, -0.2) is 6.79 Å². The summed E-state index contributed by atoms with van der Waals surface area (Å²) in [6.45, 7) is 2.00. The van der Waals surface area contributed by atoms with Gasteiger partial charge in [-0.05, 0) is 12.1 Å². The Balaban J connectivity index is 0.000000404. The lowest BCUT2D eigenvalue weighted by molar-refractivity contribution is -0.0979. The van der Waals surface area contributed by atoms with Crippen LogP contribution in [0.4, 0.5) is 0 Å². The Morgan fingerprint density at radius 3 is 1.60 bits per heavy atom. The Bertz CT molecular complexity index is 533. The molecule has 0 bridgehead atoms. The molecule has 0 unspecified atom stereocenters. The number of thiophene rings is 1. The molecule has 0 saturated heterocycles. The summed E-state index contributed by atoms with van der Waals surface area (Å²) in [7, 11) is 0. The predicted molar refractivity (Wildman–Crippen MR) is 66.5 cm³/mol. The number of rotatable bonds is 0. The van der Waals surface area contributed by atoms with E-state index in [0.717, 1.165) is 0 Å². The highest BCUT2D eigenvalue weighted by Crippen LogP contribution is 2.32. The summed E-state index contributed by atoms with van der Waals surface area (Å²) in [4.78, 5) is 8.00. The zero-order valence-electron chi connectivity index (χ0n) is 8.14. The zero-order valence-corrected chi connectivity index (χ0v) is 8.96. The molecule has 0 aliphatic heterocycles. The molecule has 0 spiro atoms. The molecule has 0 aliphatic carbocycles. The SMILES string of the molecule is C=O.c1ccc2c(c1)sc1ccccc12. The van der Waals surface area contributed by atoms with Gasteiger partial charge in [0, 0.05) is 20.2 Å². The van der Waals surface area contributed by atoms with Gasteiger partial charge in [0.05, 0.1) is 0 Å². The molecule has 15 heavy (non-hydrogen) atoms. The van der Waals surface area contributed by atoms with Crippen molar-refractivity contribution in [1.29, 1.82) is 0 Å². The molecule has 1 nitrogen and oxygen atoms in total. The van der Waals surface area contributed by atoms with E-state index < -0.39 is 0 Å². The van der Waals surface area contributed by atoms with Crippen molar-refractivity contribution >= 4 is 38.3 Å². The second-order valence-electron chi connectivity index (χ2n) is 3.09. The number of hydrogen-bond acceptors (Lipinski definition) is 2. The summed E-state index contributed by atoms with van der Waals surface area (Å²) in [6.07, 6.45) is 0. The van der Waals surface area contributed by atoms with Gasteiger partial charge in [0.2, 0.25) is 0 Å². The fraction of sp³-hybridized carbons (Fsp3) is 0. The zero-order chi connectivity index (χ0) is 10.7. The molecule has 0 amide bonds. The van der Waals surface area contributed by atoms with E-state index in [-0.39, 0.29) is 0 Å². The van der Waals surface area contributed by atoms with Crippen molar-refractivity contribution in [2.24, 2.45) is 0 Å². The van der Waals surface area contributed by atoms with Gasteiger partial charge >= 0.3 is 0 Å². The number of carbonyl (C=O) groups is 1. The van der Waals surface area contributed by atoms with Crippen molar-refractivity contribution < 1.29 is 4.79 Å². The van der Waals surface area contributed by atoms with Crippen LogP contribution in [0.15, 0.2) is 48.5 Å². The Morgan fingerprint density at radius 1 is 0.733 bits per heavy atom. The molecule has 74 valence electrons. The second kappa shape index (κ2) is 4.24. The van der Waals surface area contributed by atoms with Gasteiger partial charge in [-0.15, -0.1) is 11.3 Å². The van der Waals surface area contributed by atoms with Crippen molar-refractivity contribution in [3.8, 4) is 0 Å². The van der Waals surface area contributed by atoms with Gasteiger partial charge in [0.15, 0.2) is 0 Å². The molecule has 3 aromatic rings. The largest absolute Gasteiger partial charge is 0.307 e. The molecule has 0 fully saturated rings. The first-order valence-corrected chi connectivity index (χ1v) is 5.42. The van der Waals surface area contributed by atoms with Crippen LogP contribution in [0.5, 0.6) is 0 Å². The summed E-state index contributed by atoms with van der Waals surface area (Å²) in [6, 6.07) is 17.1. The van der Waals surface area contributed by atoms with E-state index in [2.05, 4.69) is 48.5 Å². The Hall–Kier alpha value is -1.67. The van der Waals surface area contributed by atoms with E-state index in [1.165, 1.54) is 20.2 Å². The average molecular weight is 214 g/mol. The van der Waals surface area contributed by atoms with Crippen LogP contribution in [0.1, 0.15) is 0 Å². The third-order valence-corrected chi connectivity index (χ3v) is 3.44. The summed E-state index contributed by atoms with van der Waals surface area (Å²) in [5, 5.41) is 2.76. The minimum absolute atomic E-state index is 1.38.